The Hall–Kier alpha value is -3.49. The molecule has 0 radical (unpaired) electrons. The van der Waals surface area contributed by atoms with E-state index in [0.717, 1.165) is 5.56 Å². The van der Waals surface area contributed by atoms with E-state index < -0.39 is 11.4 Å². The Morgan fingerprint density at radius 2 is 2.08 bits per heavy atom. The Morgan fingerprint density at radius 1 is 1.31 bits per heavy atom. The summed E-state index contributed by atoms with van der Waals surface area (Å²) >= 11 is 0. The number of guanidine groups is 1. The van der Waals surface area contributed by atoms with Gasteiger partial charge in [-0.1, -0.05) is 12.1 Å². The van der Waals surface area contributed by atoms with Crippen LogP contribution in [0.2, 0.25) is 0 Å². The maximum atomic E-state index is 12.2. The third-order valence-electron chi connectivity index (χ3n) is 4.23. The summed E-state index contributed by atoms with van der Waals surface area (Å²) in [5.41, 5.74) is 5.97. The maximum absolute atomic E-state index is 12.2. The van der Waals surface area contributed by atoms with E-state index in [1.165, 1.54) is 17.0 Å². The van der Waals surface area contributed by atoms with Crippen molar-refractivity contribution in [1.29, 1.82) is 0 Å². The summed E-state index contributed by atoms with van der Waals surface area (Å²) in [4.78, 5) is 41.1. The Bertz CT molecular complexity index is 946. The van der Waals surface area contributed by atoms with Gasteiger partial charge in [0.15, 0.2) is 5.96 Å². The second-order valence-electron chi connectivity index (χ2n) is 6.21. The molecular formula is C17H18N6O3. The summed E-state index contributed by atoms with van der Waals surface area (Å²) in [5.74, 6) is -0.450. The zero-order chi connectivity index (χ0) is 18.9. The number of hydrogen-bond donors (Lipinski definition) is 3. The monoisotopic (exact) mass is 354 g/mol. The average Bonchev–Trinajstić information content (AvgIpc) is 2.60. The number of aromatic nitrogens is 2. The molecule has 26 heavy (non-hydrogen) atoms. The van der Waals surface area contributed by atoms with Crippen molar-refractivity contribution >= 4 is 23.5 Å². The summed E-state index contributed by atoms with van der Waals surface area (Å²) in [6.07, 6.45) is 0.170. The van der Waals surface area contributed by atoms with E-state index in [-0.39, 0.29) is 29.5 Å². The minimum Gasteiger partial charge on any atom is -0.369 e. The van der Waals surface area contributed by atoms with Gasteiger partial charge in [0, 0.05) is 18.8 Å². The molecule has 9 heteroatoms. The molecule has 134 valence electrons. The fourth-order valence-electron chi connectivity index (χ4n) is 2.67. The Kier molecular flexibility index (Phi) is 4.29. The summed E-state index contributed by atoms with van der Waals surface area (Å²) in [5, 5.41) is 8.61. The number of benzene rings is 1. The first-order valence-electron chi connectivity index (χ1n) is 7.88. The van der Waals surface area contributed by atoms with Gasteiger partial charge in [0.1, 0.15) is 5.69 Å². The van der Waals surface area contributed by atoms with Crippen molar-refractivity contribution < 1.29 is 9.59 Å². The molecule has 0 spiro atoms. The number of hydrogen-bond acceptors (Lipinski definition) is 6. The molecule has 1 aliphatic heterocycles. The van der Waals surface area contributed by atoms with E-state index in [4.69, 9.17) is 5.73 Å². The lowest BCUT2D eigenvalue weighted by molar-refractivity contribution is -0.128. The molecular weight excluding hydrogens is 336 g/mol. The van der Waals surface area contributed by atoms with Crippen LogP contribution in [0.25, 0.3) is 0 Å². The molecule has 9 nitrogen and oxygen atoms in total. The van der Waals surface area contributed by atoms with E-state index in [0.29, 0.717) is 5.69 Å². The van der Waals surface area contributed by atoms with Crippen LogP contribution in [0.5, 0.6) is 0 Å². The number of rotatable bonds is 3. The van der Waals surface area contributed by atoms with Crippen molar-refractivity contribution in [3.63, 3.8) is 0 Å². The third-order valence-corrected chi connectivity index (χ3v) is 4.23. The molecule has 1 aromatic heterocycles. The van der Waals surface area contributed by atoms with Gasteiger partial charge in [0.25, 0.3) is 11.5 Å². The maximum Gasteiger partial charge on any atom is 0.276 e. The molecule has 1 aliphatic rings. The molecule has 1 unspecified atom stereocenters. The molecule has 2 aromatic rings. The molecule has 0 fully saturated rings. The smallest absolute Gasteiger partial charge is 0.276 e. The van der Waals surface area contributed by atoms with Gasteiger partial charge in [-0.3, -0.25) is 19.3 Å². The number of aliphatic imine (C=N–C) groups is 1. The third kappa shape index (κ3) is 3.32. The largest absolute Gasteiger partial charge is 0.369 e. The van der Waals surface area contributed by atoms with Crippen molar-refractivity contribution in [2.75, 3.05) is 12.4 Å². The number of carbonyl (C=O) groups excluding carboxylic acids is 2. The number of nitrogens with one attached hydrogen (secondary N) is 2. The van der Waals surface area contributed by atoms with Crippen molar-refractivity contribution in [3.8, 4) is 0 Å². The first-order valence-corrected chi connectivity index (χ1v) is 7.88. The normalized spacial score (nSPS) is 19.8. The van der Waals surface area contributed by atoms with Gasteiger partial charge in [-0.2, -0.15) is 5.10 Å². The fourth-order valence-corrected chi connectivity index (χ4v) is 2.67. The standard InChI is InChI=1S/C17H18N6O3/c1-17(9-14(25)23(2)16(18)20-17)10-4-3-5-11(8-10)19-15(26)12-6-7-13(24)22-21-12/h3-8H,9H2,1-2H3,(H2,18,20)(H,19,26)(H,22,24). The summed E-state index contributed by atoms with van der Waals surface area (Å²) in [6.45, 7) is 1.81. The number of amides is 2. The van der Waals surface area contributed by atoms with Crippen LogP contribution in [-0.4, -0.2) is 39.9 Å². The van der Waals surface area contributed by atoms with Crippen LogP contribution in [-0.2, 0) is 10.3 Å². The lowest BCUT2D eigenvalue weighted by Crippen LogP contribution is -2.47. The van der Waals surface area contributed by atoms with Crippen molar-refractivity contribution in [2.45, 2.75) is 18.9 Å². The highest BCUT2D eigenvalue weighted by atomic mass is 16.2. The summed E-state index contributed by atoms with van der Waals surface area (Å²) in [7, 11) is 1.58. The first kappa shape index (κ1) is 17.3. The van der Waals surface area contributed by atoms with Crippen LogP contribution in [0, 0.1) is 0 Å². The van der Waals surface area contributed by atoms with Gasteiger partial charge in [0.2, 0.25) is 5.91 Å². The predicted molar refractivity (Wildman–Crippen MR) is 95.6 cm³/mol. The number of H-pyrrole nitrogens is 1. The lowest BCUT2D eigenvalue weighted by Gasteiger charge is -2.33. The SMILES string of the molecule is CN1C(=O)CC(C)(c2cccc(NC(=O)c3ccc(=O)[nH]n3)c2)N=C1N. The van der Waals surface area contributed by atoms with Gasteiger partial charge in [-0.15, -0.1) is 0 Å². The molecule has 0 saturated carbocycles. The zero-order valence-electron chi connectivity index (χ0n) is 14.3. The van der Waals surface area contributed by atoms with Crippen LogP contribution >= 0.6 is 0 Å². The zero-order valence-corrected chi connectivity index (χ0v) is 14.3. The lowest BCUT2D eigenvalue weighted by atomic mass is 9.87. The summed E-state index contributed by atoms with van der Waals surface area (Å²) < 4.78 is 0. The Labute approximate surface area is 148 Å². The second kappa shape index (κ2) is 6.43. The first-order chi connectivity index (χ1) is 12.3. The predicted octanol–water partition coefficient (Wildman–Crippen LogP) is 0.414. The van der Waals surface area contributed by atoms with Gasteiger partial charge in [-0.05, 0) is 30.7 Å². The molecule has 2 amide bonds. The van der Waals surface area contributed by atoms with Crippen molar-refractivity contribution in [2.24, 2.45) is 10.7 Å². The van der Waals surface area contributed by atoms with Crippen molar-refractivity contribution in [3.05, 3.63) is 58.0 Å². The number of carbonyl (C=O) groups is 2. The second-order valence-corrected chi connectivity index (χ2v) is 6.21. The highest BCUT2D eigenvalue weighted by Crippen LogP contribution is 2.34. The van der Waals surface area contributed by atoms with Crippen molar-refractivity contribution in [1.82, 2.24) is 15.1 Å². The van der Waals surface area contributed by atoms with Crippen LogP contribution in [0.3, 0.4) is 0 Å². The van der Waals surface area contributed by atoms with Crippen LogP contribution < -0.4 is 16.6 Å². The average molecular weight is 354 g/mol. The van der Waals surface area contributed by atoms with Gasteiger partial charge in [0.05, 0.1) is 12.0 Å². The molecule has 3 rings (SSSR count). The molecule has 4 N–H and O–H groups in total. The number of anilines is 1. The minimum absolute atomic E-state index is 0.0814. The van der Waals surface area contributed by atoms with Crippen LogP contribution in [0.15, 0.2) is 46.2 Å². The number of aromatic amines is 1. The number of nitrogens with zero attached hydrogens (tertiary/aromatic N) is 3. The van der Waals surface area contributed by atoms with E-state index in [2.05, 4.69) is 20.5 Å². The van der Waals surface area contributed by atoms with E-state index >= 15 is 0 Å². The van der Waals surface area contributed by atoms with Gasteiger partial charge >= 0.3 is 0 Å². The van der Waals surface area contributed by atoms with E-state index in [1.54, 1.807) is 25.2 Å². The highest BCUT2D eigenvalue weighted by molar-refractivity contribution is 6.03. The van der Waals surface area contributed by atoms with Gasteiger partial charge in [-0.25, -0.2) is 10.1 Å². The van der Waals surface area contributed by atoms with Crippen LogP contribution in [0.1, 0.15) is 29.4 Å². The van der Waals surface area contributed by atoms with Gasteiger partial charge < -0.3 is 11.1 Å². The topological polar surface area (TPSA) is 134 Å². The molecule has 0 saturated heterocycles. The van der Waals surface area contributed by atoms with Crippen LogP contribution in [0.4, 0.5) is 5.69 Å². The van der Waals surface area contributed by atoms with E-state index in [9.17, 15) is 14.4 Å². The molecule has 0 aliphatic carbocycles. The minimum atomic E-state index is -0.815. The molecule has 1 atom stereocenters. The number of nitrogens with two attached hydrogens (primary N) is 1. The fraction of sp³-hybridized carbons (Fsp3) is 0.235. The highest BCUT2D eigenvalue weighted by Gasteiger charge is 2.36. The van der Waals surface area contributed by atoms with E-state index in [1.807, 2.05) is 13.0 Å². The molecule has 1 aromatic carbocycles. The Balaban J connectivity index is 1.87. The molecule has 2 heterocycles. The molecule has 0 bridgehead atoms. The summed E-state index contributed by atoms with van der Waals surface area (Å²) in [6, 6.07) is 9.58. The quantitative estimate of drug-likeness (QED) is 0.734. The Morgan fingerprint density at radius 3 is 2.73 bits per heavy atom.